The summed E-state index contributed by atoms with van der Waals surface area (Å²) in [4.78, 5) is 0. The fourth-order valence-corrected chi connectivity index (χ4v) is 6.71. The Morgan fingerprint density at radius 3 is 1.13 bits per heavy atom. The second kappa shape index (κ2) is 12.6. The molecule has 4 aromatic carbocycles. The molecular formula is C27H23ClIP. The number of rotatable bonds is 3. The number of halogens is 2. The molecule has 0 atom stereocenters. The standard InChI is InChI=1S/C19H18P.C8H5I.ClH/c1-20(17-11-5-2-6-12-17,18-13-7-3-8-14-18)19-15-9-4-10-16-19;9-7-6-8-4-2-1-3-5-8;/h2-16H,1H3;1-5H;1H/q+1;;/p-1. The molecule has 0 spiro atoms. The predicted octanol–water partition coefficient (Wildman–Crippen LogP) is 3.04. The van der Waals surface area contributed by atoms with E-state index in [-0.39, 0.29) is 12.4 Å². The number of hydrogen-bond acceptors (Lipinski definition) is 0. The van der Waals surface area contributed by atoms with Gasteiger partial charge in [0.1, 0.15) is 23.2 Å². The van der Waals surface area contributed by atoms with Crippen LogP contribution in [0.25, 0.3) is 0 Å². The van der Waals surface area contributed by atoms with Crippen LogP contribution in [0.2, 0.25) is 0 Å². The zero-order valence-electron chi connectivity index (χ0n) is 16.8. The molecule has 4 aromatic rings. The highest BCUT2D eigenvalue weighted by molar-refractivity contribution is 14.1. The lowest BCUT2D eigenvalue weighted by atomic mass is 10.2. The van der Waals surface area contributed by atoms with Gasteiger partial charge in [-0.3, -0.25) is 0 Å². The molecular weight excluding hydrogens is 518 g/mol. The smallest absolute Gasteiger partial charge is 0.109 e. The molecule has 0 aliphatic heterocycles. The highest BCUT2D eigenvalue weighted by atomic mass is 127. The summed E-state index contributed by atoms with van der Waals surface area (Å²) in [5.74, 6) is 2.94. The Morgan fingerprint density at radius 1 is 0.533 bits per heavy atom. The first kappa shape index (κ1) is 24.2. The van der Waals surface area contributed by atoms with Gasteiger partial charge in [0.2, 0.25) is 0 Å². The lowest BCUT2D eigenvalue weighted by molar-refractivity contribution is -0.00000551. The van der Waals surface area contributed by atoms with E-state index < -0.39 is 7.26 Å². The van der Waals surface area contributed by atoms with Crippen molar-refractivity contribution < 1.29 is 12.4 Å². The zero-order valence-corrected chi connectivity index (χ0v) is 20.6. The third kappa shape index (κ3) is 6.19. The van der Waals surface area contributed by atoms with Crippen molar-refractivity contribution in [3.05, 3.63) is 127 Å². The Balaban J connectivity index is 0.000000272. The van der Waals surface area contributed by atoms with Crippen molar-refractivity contribution in [1.29, 1.82) is 0 Å². The van der Waals surface area contributed by atoms with E-state index in [1.807, 2.05) is 52.9 Å². The van der Waals surface area contributed by atoms with Gasteiger partial charge in [-0.2, -0.15) is 0 Å². The molecule has 0 radical (unpaired) electrons. The van der Waals surface area contributed by atoms with Crippen LogP contribution in [0.4, 0.5) is 0 Å². The van der Waals surface area contributed by atoms with Gasteiger partial charge in [-0.05, 0) is 52.5 Å². The third-order valence-corrected chi connectivity index (χ3v) is 9.05. The Bertz CT molecular complexity index is 960. The third-order valence-electron chi connectivity index (χ3n) is 4.78. The first-order valence-electron chi connectivity index (χ1n) is 9.45. The molecule has 3 heteroatoms. The monoisotopic (exact) mass is 540 g/mol. The van der Waals surface area contributed by atoms with Crippen LogP contribution in [-0.2, 0) is 0 Å². The van der Waals surface area contributed by atoms with Crippen LogP contribution >= 0.6 is 29.9 Å². The maximum absolute atomic E-state index is 2.94. The molecule has 0 saturated heterocycles. The average molecular weight is 541 g/mol. The van der Waals surface area contributed by atoms with E-state index in [1.54, 1.807) is 0 Å². The normalized spacial score (nSPS) is 9.80. The largest absolute Gasteiger partial charge is 1.00 e. The molecule has 0 bridgehead atoms. The highest BCUT2D eigenvalue weighted by Crippen LogP contribution is 2.51. The van der Waals surface area contributed by atoms with Crippen molar-refractivity contribution in [3.8, 4) is 9.85 Å². The van der Waals surface area contributed by atoms with Crippen molar-refractivity contribution in [2.75, 3.05) is 6.66 Å². The van der Waals surface area contributed by atoms with Crippen LogP contribution in [0.1, 0.15) is 5.56 Å². The van der Waals surface area contributed by atoms with Gasteiger partial charge in [-0.15, -0.1) is 0 Å². The fourth-order valence-electron chi connectivity index (χ4n) is 3.20. The maximum atomic E-state index is 2.94. The molecule has 150 valence electrons. The number of benzene rings is 4. The minimum absolute atomic E-state index is 0. The summed E-state index contributed by atoms with van der Waals surface area (Å²) in [6, 6.07) is 42.6. The van der Waals surface area contributed by atoms with E-state index in [0.717, 1.165) is 5.56 Å². The summed E-state index contributed by atoms with van der Waals surface area (Å²) in [7, 11) is -1.53. The van der Waals surface area contributed by atoms with Crippen LogP contribution in [0.3, 0.4) is 0 Å². The first-order valence-corrected chi connectivity index (χ1v) is 12.8. The maximum Gasteiger partial charge on any atom is 0.109 e. The molecule has 0 unspecified atom stereocenters. The van der Waals surface area contributed by atoms with E-state index in [1.165, 1.54) is 15.9 Å². The molecule has 30 heavy (non-hydrogen) atoms. The first-order chi connectivity index (χ1) is 14.2. The Labute approximate surface area is 200 Å². The van der Waals surface area contributed by atoms with Gasteiger partial charge in [0.15, 0.2) is 0 Å². The van der Waals surface area contributed by atoms with Crippen molar-refractivity contribution >= 4 is 45.8 Å². The second-order valence-electron chi connectivity index (χ2n) is 6.60. The van der Waals surface area contributed by atoms with Gasteiger partial charge in [0.25, 0.3) is 0 Å². The Kier molecular flexibility index (Phi) is 10.1. The van der Waals surface area contributed by atoms with Gasteiger partial charge in [-0.1, -0.05) is 78.7 Å². The minimum Gasteiger partial charge on any atom is -1.00 e. The fraction of sp³-hybridized carbons (Fsp3) is 0.0370. The molecule has 0 amide bonds. The Morgan fingerprint density at radius 2 is 0.833 bits per heavy atom. The molecule has 0 heterocycles. The summed E-state index contributed by atoms with van der Waals surface area (Å²) in [5.41, 5.74) is 1.08. The molecule has 0 saturated carbocycles. The van der Waals surface area contributed by atoms with Crippen molar-refractivity contribution in [3.63, 3.8) is 0 Å². The van der Waals surface area contributed by atoms with Gasteiger partial charge in [0.05, 0.1) is 6.66 Å². The summed E-state index contributed by atoms with van der Waals surface area (Å²) >= 11 is 2.03. The molecule has 0 aromatic heterocycles. The van der Waals surface area contributed by atoms with Crippen LogP contribution < -0.4 is 28.3 Å². The van der Waals surface area contributed by atoms with Gasteiger partial charge < -0.3 is 12.4 Å². The predicted molar refractivity (Wildman–Crippen MR) is 138 cm³/mol. The quantitative estimate of drug-likeness (QED) is 0.213. The van der Waals surface area contributed by atoms with Gasteiger partial charge in [-0.25, -0.2) is 0 Å². The van der Waals surface area contributed by atoms with E-state index in [0.29, 0.717) is 0 Å². The topological polar surface area (TPSA) is 0 Å². The second-order valence-corrected chi connectivity index (χ2v) is 10.7. The molecule has 0 N–H and O–H groups in total. The Hall–Kier alpha value is -2.11. The summed E-state index contributed by atoms with van der Waals surface area (Å²) in [6.07, 6.45) is 0. The van der Waals surface area contributed by atoms with Crippen molar-refractivity contribution in [1.82, 2.24) is 0 Å². The van der Waals surface area contributed by atoms with Crippen LogP contribution in [0.15, 0.2) is 121 Å². The lowest BCUT2D eigenvalue weighted by Gasteiger charge is -2.22. The van der Waals surface area contributed by atoms with E-state index in [2.05, 4.69) is 108 Å². The van der Waals surface area contributed by atoms with Crippen molar-refractivity contribution in [2.45, 2.75) is 0 Å². The van der Waals surface area contributed by atoms with Gasteiger partial charge >= 0.3 is 0 Å². The van der Waals surface area contributed by atoms with Crippen LogP contribution in [0.5, 0.6) is 0 Å². The van der Waals surface area contributed by atoms with E-state index in [4.69, 9.17) is 0 Å². The molecule has 0 fully saturated rings. The summed E-state index contributed by atoms with van der Waals surface area (Å²) < 4.78 is 2.80. The SMILES string of the molecule is C[P+](c1ccccc1)(c1ccccc1)c1ccccc1.IC#Cc1ccccc1.[Cl-]. The average Bonchev–Trinajstić information content (AvgIpc) is 2.82. The summed E-state index contributed by atoms with van der Waals surface area (Å²) in [6.45, 7) is 2.41. The van der Waals surface area contributed by atoms with Crippen molar-refractivity contribution in [2.24, 2.45) is 0 Å². The zero-order chi connectivity index (χ0) is 20.4. The lowest BCUT2D eigenvalue weighted by Crippen LogP contribution is -3.00. The van der Waals surface area contributed by atoms with Crippen LogP contribution in [-0.4, -0.2) is 6.66 Å². The molecule has 4 rings (SSSR count). The molecule has 0 aliphatic carbocycles. The number of hydrogen-bond donors (Lipinski definition) is 0. The van der Waals surface area contributed by atoms with Gasteiger partial charge in [0, 0.05) is 28.2 Å². The van der Waals surface area contributed by atoms with Crippen LogP contribution in [0, 0.1) is 9.85 Å². The van der Waals surface area contributed by atoms with E-state index >= 15 is 0 Å². The highest BCUT2D eigenvalue weighted by Gasteiger charge is 2.39. The minimum atomic E-state index is -1.53. The summed E-state index contributed by atoms with van der Waals surface area (Å²) in [5, 5.41) is 4.28. The molecule has 0 aliphatic rings. The molecule has 0 nitrogen and oxygen atoms in total. The van der Waals surface area contributed by atoms with E-state index in [9.17, 15) is 0 Å².